The van der Waals surface area contributed by atoms with E-state index in [4.69, 9.17) is 17.0 Å². The molecule has 0 aliphatic heterocycles. The van der Waals surface area contributed by atoms with Crippen LogP contribution in [0.25, 0.3) is 0 Å². The van der Waals surface area contributed by atoms with Crippen molar-refractivity contribution in [3.05, 3.63) is 12.4 Å². The summed E-state index contributed by atoms with van der Waals surface area (Å²) in [6.07, 6.45) is 6.11. The van der Waals surface area contributed by atoms with Crippen LogP contribution in [0, 0.1) is 0 Å². The van der Waals surface area contributed by atoms with E-state index in [0.29, 0.717) is 17.8 Å². The van der Waals surface area contributed by atoms with Gasteiger partial charge in [-0.1, -0.05) is 0 Å². The third-order valence-electron chi connectivity index (χ3n) is 2.33. The molecule has 0 amide bonds. The van der Waals surface area contributed by atoms with Crippen molar-refractivity contribution in [2.24, 2.45) is 0 Å². The van der Waals surface area contributed by atoms with Gasteiger partial charge in [0.1, 0.15) is 0 Å². The third-order valence-corrected chi connectivity index (χ3v) is 2.55. The number of rotatable bonds is 5. The molecule has 0 atom stereocenters. The van der Waals surface area contributed by atoms with Gasteiger partial charge >= 0.3 is 0 Å². The number of nitrogens with one attached hydrogen (secondary N) is 2. The molecule has 6 heteroatoms. The van der Waals surface area contributed by atoms with Crippen LogP contribution in [0.2, 0.25) is 0 Å². The van der Waals surface area contributed by atoms with Crippen LogP contribution in [0.4, 0.5) is 5.69 Å². The summed E-state index contributed by atoms with van der Waals surface area (Å²) in [5.41, 5.74) is 0.911. The van der Waals surface area contributed by atoms with Gasteiger partial charge in [0.2, 0.25) is 0 Å². The summed E-state index contributed by atoms with van der Waals surface area (Å²) in [5, 5.41) is 11.2. The number of aromatic nitrogens is 2. The molecule has 0 saturated heterocycles. The highest BCUT2D eigenvalue weighted by Crippen LogP contribution is 2.18. The zero-order valence-corrected chi connectivity index (χ0v) is 10.1. The molecule has 1 aromatic rings. The van der Waals surface area contributed by atoms with Crippen LogP contribution < -0.4 is 10.6 Å². The minimum Gasteiger partial charge on any atom is -0.383 e. The molecule has 0 unspecified atom stereocenters. The summed E-state index contributed by atoms with van der Waals surface area (Å²) in [5.74, 6) is 0. The summed E-state index contributed by atoms with van der Waals surface area (Å²) in [7, 11) is 1.68. The van der Waals surface area contributed by atoms with Gasteiger partial charge in [0, 0.05) is 19.3 Å². The summed E-state index contributed by atoms with van der Waals surface area (Å²) in [6.45, 7) is 1.41. The Hall–Kier alpha value is -1.14. The Balaban J connectivity index is 1.79. The van der Waals surface area contributed by atoms with Crippen LogP contribution in [-0.2, 0) is 11.3 Å². The van der Waals surface area contributed by atoms with Crippen molar-refractivity contribution in [2.45, 2.75) is 25.4 Å². The number of hydrogen-bond acceptors (Lipinski definition) is 3. The number of nitrogens with zero attached hydrogens (tertiary/aromatic N) is 2. The maximum absolute atomic E-state index is 5.17. The molecule has 2 N–H and O–H groups in total. The molecule has 2 rings (SSSR count). The molecule has 0 bridgehead atoms. The fourth-order valence-corrected chi connectivity index (χ4v) is 1.60. The normalized spacial score (nSPS) is 14.8. The molecule has 1 heterocycles. The van der Waals surface area contributed by atoms with Crippen molar-refractivity contribution in [3.8, 4) is 0 Å². The van der Waals surface area contributed by atoms with Crippen molar-refractivity contribution in [1.82, 2.24) is 15.1 Å². The molecule has 0 aromatic carbocycles. The monoisotopic (exact) mass is 240 g/mol. The molecule has 0 spiro atoms. The second-order valence-corrected chi connectivity index (χ2v) is 4.27. The van der Waals surface area contributed by atoms with E-state index >= 15 is 0 Å². The largest absolute Gasteiger partial charge is 0.383 e. The lowest BCUT2D eigenvalue weighted by Crippen LogP contribution is -2.29. The molecule has 1 fully saturated rings. The second-order valence-electron chi connectivity index (χ2n) is 3.86. The van der Waals surface area contributed by atoms with Gasteiger partial charge in [0.25, 0.3) is 0 Å². The number of anilines is 1. The third kappa shape index (κ3) is 3.46. The van der Waals surface area contributed by atoms with Gasteiger partial charge < -0.3 is 15.4 Å². The van der Waals surface area contributed by atoms with Crippen molar-refractivity contribution >= 4 is 23.0 Å². The average molecular weight is 240 g/mol. The molecule has 1 saturated carbocycles. The highest BCUT2D eigenvalue weighted by atomic mass is 32.1. The van der Waals surface area contributed by atoms with Crippen LogP contribution in [0.15, 0.2) is 12.4 Å². The first-order valence-electron chi connectivity index (χ1n) is 5.37. The Bertz CT molecular complexity index is 361. The summed E-state index contributed by atoms with van der Waals surface area (Å²) in [4.78, 5) is 0. The van der Waals surface area contributed by atoms with E-state index in [1.165, 1.54) is 12.8 Å². The number of thiocarbonyl (C=S) groups is 1. The number of ether oxygens (including phenoxy) is 1. The molecule has 1 aliphatic rings. The van der Waals surface area contributed by atoms with Crippen LogP contribution >= 0.6 is 12.2 Å². The molecule has 16 heavy (non-hydrogen) atoms. The van der Waals surface area contributed by atoms with Crippen LogP contribution in [0.1, 0.15) is 12.8 Å². The van der Waals surface area contributed by atoms with Crippen LogP contribution in [0.3, 0.4) is 0 Å². The second kappa shape index (κ2) is 5.27. The van der Waals surface area contributed by atoms with E-state index in [0.717, 1.165) is 12.2 Å². The topological polar surface area (TPSA) is 51.1 Å². The Morgan fingerprint density at radius 3 is 3.19 bits per heavy atom. The predicted molar refractivity (Wildman–Crippen MR) is 66.5 cm³/mol. The maximum atomic E-state index is 5.17. The van der Waals surface area contributed by atoms with Gasteiger partial charge in [-0.25, -0.2) is 0 Å². The first kappa shape index (κ1) is 11.3. The van der Waals surface area contributed by atoms with Gasteiger partial charge in [-0.15, -0.1) is 0 Å². The standard InChI is InChI=1S/C10H16N4OS/c1-15-5-4-14-7-9(6-11-14)13-10(16)12-8-2-3-8/h6-8H,2-5H2,1H3,(H2,12,13,16). The van der Waals surface area contributed by atoms with Crippen molar-refractivity contribution in [1.29, 1.82) is 0 Å². The van der Waals surface area contributed by atoms with E-state index in [1.807, 2.05) is 10.9 Å². The highest BCUT2D eigenvalue weighted by molar-refractivity contribution is 7.80. The van der Waals surface area contributed by atoms with Crippen LogP contribution in [-0.4, -0.2) is 34.7 Å². The van der Waals surface area contributed by atoms with Crippen LogP contribution in [0.5, 0.6) is 0 Å². The lowest BCUT2D eigenvalue weighted by atomic mass is 10.5. The Morgan fingerprint density at radius 1 is 1.69 bits per heavy atom. The smallest absolute Gasteiger partial charge is 0.171 e. The lowest BCUT2D eigenvalue weighted by molar-refractivity contribution is 0.183. The first-order valence-corrected chi connectivity index (χ1v) is 5.77. The number of hydrogen-bond donors (Lipinski definition) is 2. The molecular formula is C10H16N4OS. The van der Waals surface area contributed by atoms with Gasteiger partial charge in [-0.2, -0.15) is 5.10 Å². The molecule has 88 valence electrons. The van der Waals surface area contributed by atoms with E-state index in [1.54, 1.807) is 13.3 Å². The summed E-state index contributed by atoms with van der Waals surface area (Å²) in [6, 6.07) is 0.573. The maximum Gasteiger partial charge on any atom is 0.171 e. The Labute approximate surface area is 100 Å². The summed E-state index contributed by atoms with van der Waals surface area (Å²) < 4.78 is 6.80. The molecular weight excluding hydrogens is 224 g/mol. The minimum absolute atomic E-state index is 0.573. The predicted octanol–water partition coefficient (Wildman–Crippen LogP) is 0.978. The Kier molecular flexibility index (Phi) is 3.74. The van der Waals surface area contributed by atoms with E-state index in [2.05, 4.69) is 15.7 Å². The number of methoxy groups -OCH3 is 1. The zero-order chi connectivity index (χ0) is 11.4. The van der Waals surface area contributed by atoms with Crippen molar-refractivity contribution < 1.29 is 4.74 Å². The fraction of sp³-hybridized carbons (Fsp3) is 0.600. The zero-order valence-electron chi connectivity index (χ0n) is 9.27. The lowest BCUT2D eigenvalue weighted by Gasteiger charge is -2.06. The molecule has 1 aromatic heterocycles. The molecule has 0 radical (unpaired) electrons. The average Bonchev–Trinajstić information content (AvgIpc) is 2.94. The van der Waals surface area contributed by atoms with Crippen molar-refractivity contribution in [3.63, 3.8) is 0 Å². The first-order chi connectivity index (χ1) is 7.78. The SMILES string of the molecule is COCCn1cc(NC(=S)NC2CC2)cn1. The van der Waals surface area contributed by atoms with Gasteiger partial charge in [-0.05, 0) is 25.1 Å². The van der Waals surface area contributed by atoms with Crippen molar-refractivity contribution in [2.75, 3.05) is 19.0 Å². The quantitative estimate of drug-likeness (QED) is 0.751. The fourth-order valence-electron chi connectivity index (χ4n) is 1.32. The van der Waals surface area contributed by atoms with E-state index < -0.39 is 0 Å². The van der Waals surface area contributed by atoms with E-state index in [9.17, 15) is 0 Å². The molecule has 1 aliphatic carbocycles. The summed E-state index contributed by atoms with van der Waals surface area (Å²) >= 11 is 5.17. The minimum atomic E-state index is 0.573. The van der Waals surface area contributed by atoms with E-state index in [-0.39, 0.29) is 0 Å². The van der Waals surface area contributed by atoms with Gasteiger partial charge in [-0.3, -0.25) is 4.68 Å². The Morgan fingerprint density at radius 2 is 2.50 bits per heavy atom. The van der Waals surface area contributed by atoms with Gasteiger partial charge in [0.15, 0.2) is 5.11 Å². The van der Waals surface area contributed by atoms with Gasteiger partial charge in [0.05, 0.1) is 25.0 Å². The highest BCUT2D eigenvalue weighted by Gasteiger charge is 2.21. The molecule has 5 nitrogen and oxygen atoms in total.